The van der Waals surface area contributed by atoms with E-state index in [2.05, 4.69) is 9.97 Å². The Morgan fingerprint density at radius 3 is 2.38 bits per heavy atom. The largest absolute Gasteiger partial charge is 0.426 e. The van der Waals surface area contributed by atoms with Gasteiger partial charge in [-0.15, -0.1) is 0 Å². The fourth-order valence-corrected chi connectivity index (χ4v) is 2.06. The molecular formula is C20H22N2O2. The van der Waals surface area contributed by atoms with Crippen molar-refractivity contribution >= 4 is 11.5 Å². The SMILES string of the molecule is CC/C=C(\C=C/CC(=O)Oc1ccc(C)cc1)c1ncc(C)cn1. The van der Waals surface area contributed by atoms with Gasteiger partial charge in [-0.25, -0.2) is 9.97 Å². The van der Waals surface area contributed by atoms with Gasteiger partial charge in [-0.1, -0.05) is 42.8 Å². The zero-order valence-corrected chi connectivity index (χ0v) is 14.3. The Morgan fingerprint density at radius 2 is 1.75 bits per heavy atom. The minimum atomic E-state index is -0.296. The maximum atomic E-state index is 11.9. The summed E-state index contributed by atoms with van der Waals surface area (Å²) in [6.07, 6.45) is 10.3. The zero-order valence-electron chi connectivity index (χ0n) is 14.3. The Kier molecular flexibility index (Phi) is 6.43. The molecule has 0 radical (unpaired) electrons. The molecule has 0 amide bonds. The normalized spacial score (nSPS) is 11.7. The predicted molar refractivity (Wildman–Crippen MR) is 95.6 cm³/mol. The number of aromatic nitrogens is 2. The molecule has 1 heterocycles. The molecule has 2 aromatic rings. The summed E-state index contributed by atoms with van der Waals surface area (Å²) < 4.78 is 5.29. The number of ether oxygens (including phenoxy) is 1. The van der Waals surface area contributed by atoms with Gasteiger partial charge in [0.05, 0.1) is 6.42 Å². The summed E-state index contributed by atoms with van der Waals surface area (Å²) in [5, 5.41) is 0. The number of aryl methyl sites for hydroxylation is 2. The van der Waals surface area contributed by atoms with E-state index in [1.165, 1.54) is 0 Å². The number of hydrogen-bond donors (Lipinski definition) is 0. The highest BCUT2D eigenvalue weighted by Gasteiger charge is 2.04. The lowest BCUT2D eigenvalue weighted by Gasteiger charge is -2.03. The Morgan fingerprint density at radius 1 is 1.08 bits per heavy atom. The van der Waals surface area contributed by atoms with Crippen LogP contribution in [0.15, 0.2) is 54.9 Å². The van der Waals surface area contributed by atoms with Crippen molar-refractivity contribution in [1.29, 1.82) is 0 Å². The van der Waals surface area contributed by atoms with Crippen molar-refractivity contribution in [1.82, 2.24) is 9.97 Å². The first-order chi connectivity index (χ1) is 11.6. The molecule has 0 aliphatic heterocycles. The Hall–Kier alpha value is -2.75. The van der Waals surface area contributed by atoms with E-state index in [0.717, 1.165) is 23.1 Å². The molecule has 24 heavy (non-hydrogen) atoms. The van der Waals surface area contributed by atoms with Crippen molar-refractivity contribution in [2.24, 2.45) is 0 Å². The van der Waals surface area contributed by atoms with Crippen LogP contribution in [0.1, 0.15) is 36.7 Å². The molecule has 0 atom stereocenters. The van der Waals surface area contributed by atoms with Crippen LogP contribution in [0.4, 0.5) is 0 Å². The second-order valence-electron chi connectivity index (χ2n) is 5.55. The summed E-state index contributed by atoms with van der Waals surface area (Å²) >= 11 is 0. The lowest BCUT2D eigenvalue weighted by atomic mass is 10.1. The summed E-state index contributed by atoms with van der Waals surface area (Å²) in [5.41, 5.74) is 3.04. The monoisotopic (exact) mass is 322 g/mol. The highest BCUT2D eigenvalue weighted by atomic mass is 16.5. The van der Waals surface area contributed by atoms with Gasteiger partial charge in [0.15, 0.2) is 5.82 Å². The van der Waals surface area contributed by atoms with Gasteiger partial charge in [-0.3, -0.25) is 4.79 Å². The van der Waals surface area contributed by atoms with Gasteiger partial charge >= 0.3 is 5.97 Å². The van der Waals surface area contributed by atoms with Crippen LogP contribution < -0.4 is 4.74 Å². The molecule has 4 heteroatoms. The van der Waals surface area contributed by atoms with Crippen LogP contribution >= 0.6 is 0 Å². The molecule has 0 fully saturated rings. The third kappa shape index (κ3) is 5.47. The van der Waals surface area contributed by atoms with Crippen molar-refractivity contribution in [2.45, 2.75) is 33.6 Å². The van der Waals surface area contributed by atoms with Gasteiger partial charge in [0.25, 0.3) is 0 Å². The van der Waals surface area contributed by atoms with Crippen LogP contribution in [0, 0.1) is 13.8 Å². The second kappa shape index (κ2) is 8.77. The molecule has 0 saturated carbocycles. The summed E-state index contributed by atoms with van der Waals surface area (Å²) in [6.45, 7) is 5.99. The van der Waals surface area contributed by atoms with E-state index >= 15 is 0 Å². The van der Waals surface area contributed by atoms with E-state index in [9.17, 15) is 4.79 Å². The Balaban J connectivity index is 1.97. The van der Waals surface area contributed by atoms with Crippen LogP contribution in [0.3, 0.4) is 0 Å². The molecule has 0 unspecified atom stereocenters. The molecule has 0 aliphatic carbocycles. The van der Waals surface area contributed by atoms with Crippen molar-refractivity contribution in [3.8, 4) is 5.75 Å². The second-order valence-corrected chi connectivity index (χ2v) is 5.55. The number of esters is 1. The van der Waals surface area contributed by atoms with Crippen LogP contribution in [-0.4, -0.2) is 15.9 Å². The lowest BCUT2D eigenvalue weighted by molar-refractivity contribution is -0.133. The third-order valence-electron chi connectivity index (χ3n) is 3.30. The third-order valence-corrected chi connectivity index (χ3v) is 3.30. The zero-order chi connectivity index (χ0) is 17.4. The van der Waals surface area contributed by atoms with Crippen LogP contribution in [0.25, 0.3) is 5.57 Å². The van der Waals surface area contributed by atoms with Gasteiger partial charge in [0, 0.05) is 18.0 Å². The van der Waals surface area contributed by atoms with E-state index in [1.54, 1.807) is 30.6 Å². The van der Waals surface area contributed by atoms with Crippen LogP contribution in [-0.2, 0) is 4.79 Å². The lowest BCUT2D eigenvalue weighted by Crippen LogP contribution is -2.06. The molecule has 4 nitrogen and oxygen atoms in total. The maximum Gasteiger partial charge on any atom is 0.315 e. The molecule has 2 rings (SSSR count). The quantitative estimate of drug-likeness (QED) is 0.448. The number of carbonyl (C=O) groups is 1. The molecule has 124 valence electrons. The Labute approximate surface area is 142 Å². The summed E-state index contributed by atoms with van der Waals surface area (Å²) in [5.74, 6) is 0.923. The first-order valence-corrected chi connectivity index (χ1v) is 8.01. The fourth-order valence-electron chi connectivity index (χ4n) is 2.06. The fraction of sp³-hybridized carbons (Fsp3) is 0.250. The highest BCUT2D eigenvalue weighted by molar-refractivity contribution is 5.76. The Bertz CT molecular complexity index is 729. The molecule has 0 saturated heterocycles. The van der Waals surface area contributed by atoms with Crippen molar-refractivity contribution in [3.05, 3.63) is 71.8 Å². The van der Waals surface area contributed by atoms with E-state index < -0.39 is 0 Å². The molecule has 0 aliphatic rings. The van der Waals surface area contributed by atoms with Crippen molar-refractivity contribution < 1.29 is 9.53 Å². The summed E-state index contributed by atoms with van der Waals surface area (Å²) in [6, 6.07) is 7.41. The van der Waals surface area contributed by atoms with Gasteiger partial charge in [0.2, 0.25) is 0 Å². The predicted octanol–water partition coefficient (Wildman–Crippen LogP) is 4.44. The topological polar surface area (TPSA) is 52.1 Å². The van der Waals surface area contributed by atoms with Crippen LogP contribution in [0.5, 0.6) is 5.75 Å². The average Bonchev–Trinajstić information content (AvgIpc) is 2.57. The summed E-state index contributed by atoms with van der Waals surface area (Å²) in [7, 11) is 0. The molecule has 0 N–H and O–H groups in total. The first-order valence-electron chi connectivity index (χ1n) is 8.01. The molecule has 1 aromatic carbocycles. The van der Waals surface area contributed by atoms with E-state index in [4.69, 9.17) is 4.74 Å². The number of benzene rings is 1. The standard InChI is InChI=1S/C20H22N2O2/c1-4-6-17(20-21-13-16(3)14-22-20)7-5-8-19(23)24-18-11-9-15(2)10-12-18/h5-7,9-14H,4,8H2,1-3H3/b7-5-,17-6+. The number of carbonyl (C=O) groups excluding carboxylic acids is 1. The number of allylic oxidation sites excluding steroid dienone is 3. The first kappa shape index (κ1) is 17.6. The minimum Gasteiger partial charge on any atom is -0.426 e. The molecule has 0 spiro atoms. The van der Waals surface area contributed by atoms with E-state index in [-0.39, 0.29) is 12.4 Å². The van der Waals surface area contributed by atoms with Gasteiger partial charge in [0.1, 0.15) is 5.75 Å². The van der Waals surface area contributed by atoms with E-state index in [0.29, 0.717) is 11.6 Å². The number of hydrogen-bond acceptors (Lipinski definition) is 4. The molecule has 0 bridgehead atoms. The number of nitrogens with zero attached hydrogens (tertiary/aromatic N) is 2. The highest BCUT2D eigenvalue weighted by Crippen LogP contribution is 2.14. The van der Waals surface area contributed by atoms with Gasteiger partial charge < -0.3 is 4.74 Å². The van der Waals surface area contributed by atoms with E-state index in [1.807, 2.05) is 45.1 Å². The average molecular weight is 322 g/mol. The van der Waals surface area contributed by atoms with Crippen molar-refractivity contribution in [3.63, 3.8) is 0 Å². The van der Waals surface area contributed by atoms with Gasteiger partial charge in [-0.05, 0) is 38.0 Å². The smallest absolute Gasteiger partial charge is 0.315 e. The van der Waals surface area contributed by atoms with Crippen molar-refractivity contribution in [2.75, 3.05) is 0 Å². The maximum absolute atomic E-state index is 11.9. The number of rotatable bonds is 6. The molecular weight excluding hydrogens is 300 g/mol. The summed E-state index contributed by atoms with van der Waals surface area (Å²) in [4.78, 5) is 20.5. The van der Waals surface area contributed by atoms with Crippen LogP contribution in [0.2, 0.25) is 0 Å². The molecule has 1 aromatic heterocycles. The minimum absolute atomic E-state index is 0.195. The van der Waals surface area contributed by atoms with Gasteiger partial charge in [-0.2, -0.15) is 0 Å².